The zero-order valence-electron chi connectivity index (χ0n) is 16.5. The average Bonchev–Trinajstić information content (AvgIpc) is 3.14. The van der Waals surface area contributed by atoms with E-state index in [1.165, 1.54) is 12.1 Å². The predicted molar refractivity (Wildman–Crippen MR) is 119 cm³/mol. The van der Waals surface area contributed by atoms with Crippen molar-refractivity contribution in [2.75, 3.05) is 11.1 Å². The molecule has 4 rings (SSSR count). The first-order valence-corrected chi connectivity index (χ1v) is 10.4. The van der Waals surface area contributed by atoms with Crippen LogP contribution < -0.4 is 15.8 Å². The number of rotatable bonds is 4. The van der Waals surface area contributed by atoms with Gasteiger partial charge in [-0.25, -0.2) is 8.78 Å². The summed E-state index contributed by atoms with van der Waals surface area (Å²) in [6.07, 6.45) is -4.87. The molecular formula is C21H11BrClF5N4O2. The molecule has 0 saturated carbocycles. The van der Waals surface area contributed by atoms with Gasteiger partial charge in [0.1, 0.15) is 17.4 Å². The maximum absolute atomic E-state index is 13.8. The molecule has 0 radical (unpaired) electrons. The zero-order valence-corrected chi connectivity index (χ0v) is 18.9. The quantitative estimate of drug-likeness (QED) is 0.236. The van der Waals surface area contributed by atoms with Crippen LogP contribution in [0.5, 0.6) is 11.5 Å². The number of H-pyrrole nitrogens is 1. The number of benzene rings is 3. The number of hydrogen-bond acceptors (Lipinski definition) is 4. The Morgan fingerprint density at radius 1 is 1.12 bits per heavy atom. The van der Waals surface area contributed by atoms with Crippen LogP contribution in [0.25, 0.3) is 10.9 Å². The van der Waals surface area contributed by atoms with Gasteiger partial charge in [-0.15, -0.1) is 0 Å². The number of nitrogens with two attached hydrogens (primary N) is 1. The molecule has 1 heterocycles. The first kappa shape index (κ1) is 23.8. The Morgan fingerprint density at radius 2 is 1.85 bits per heavy atom. The van der Waals surface area contributed by atoms with Crippen molar-refractivity contribution in [1.82, 2.24) is 10.2 Å². The normalized spacial score (nSPS) is 11.6. The van der Waals surface area contributed by atoms with E-state index in [9.17, 15) is 26.7 Å². The molecule has 0 fully saturated rings. The Hall–Kier alpha value is -3.38. The summed E-state index contributed by atoms with van der Waals surface area (Å²) in [7, 11) is 0. The highest BCUT2D eigenvalue weighted by Crippen LogP contribution is 2.44. The Bertz CT molecular complexity index is 1440. The standard InChI is InChI=1S/C21H11BrClF5N4O2/c22-12-7-14(30-20(33)8-3-9(21(26,27)28)5-11(25)4-8)18(16-17(12)31-32-19(16)29)34-15-6-10(24)1-2-13(15)23/h1-7H,(H,30,33)(H3,29,31,32). The van der Waals surface area contributed by atoms with Crippen molar-refractivity contribution in [2.45, 2.75) is 6.18 Å². The number of ether oxygens (including phenoxy) is 1. The highest BCUT2D eigenvalue weighted by Gasteiger charge is 2.32. The smallest absolute Gasteiger partial charge is 0.416 e. The lowest BCUT2D eigenvalue weighted by Gasteiger charge is -2.16. The van der Waals surface area contributed by atoms with E-state index in [2.05, 4.69) is 31.4 Å². The molecule has 0 saturated heterocycles. The SMILES string of the molecule is Nc1n[nH]c2c(Br)cc(NC(=O)c3cc(F)cc(C(F)(F)F)c3)c(Oc3cc(F)ccc3Cl)c12. The summed E-state index contributed by atoms with van der Waals surface area (Å²) in [6, 6.07) is 6.10. The molecule has 1 aromatic heterocycles. The topological polar surface area (TPSA) is 93.0 Å². The molecule has 0 aliphatic heterocycles. The molecule has 0 bridgehead atoms. The van der Waals surface area contributed by atoms with Crippen LogP contribution in [-0.2, 0) is 6.18 Å². The summed E-state index contributed by atoms with van der Waals surface area (Å²) < 4.78 is 72.9. The lowest BCUT2D eigenvalue weighted by molar-refractivity contribution is -0.137. The van der Waals surface area contributed by atoms with Gasteiger partial charge in [0.15, 0.2) is 11.6 Å². The highest BCUT2D eigenvalue weighted by molar-refractivity contribution is 9.10. The van der Waals surface area contributed by atoms with Gasteiger partial charge in [-0.3, -0.25) is 9.89 Å². The number of nitrogens with zero attached hydrogens (tertiary/aromatic N) is 1. The Kier molecular flexibility index (Phi) is 6.13. The molecule has 0 aliphatic carbocycles. The molecule has 3 aromatic carbocycles. The number of fused-ring (bicyclic) bond motifs is 1. The number of hydrogen-bond donors (Lipinski definition) is 3. The second-order valence-corrected chi connectivity index (χ2v) is 8.21. The monoisotopic (exact) mass is 560 g/mol. The third-order valence-corrected chi connectivity index (χ3v) is 5.55. The maximum atomic E-state index is 13.8. The molecule has 34 heavy (non-hydrogen) atoms. The molecule has 0 unspecified atom stereocenters. The summed E-state index contributed by atoms with van der Waals surface area (Å²) in [4.78, 5) is 12.8. The van der Waals surface area contributed by atoms with Gasteiger partial charge in [-0.1, -0.05) is 11.6 Å². The fourth-order valence-electron chi connectivity index (χ4n) is 3.10. The van der Waals surface area contributed by atoms with Crippen LogP contribution in [-0.4, -0.2) is 16.1 Å². The molecule has 176 valence electrons. The van der Waals surface area contributed by atoms with Crippen LogP contribution in [0, 0.1) is 11.6 Å². The fourth-order valence-corrected chi connectivity index (χ4v) is 3.77. The van der Waals surface area contributed by atoms with Crippen molar-refractivity contribution in [3.63, 3.8) is 0 Å². The second kappa shape index (κ2) is 8.76. The summed E-state index contributed by atoms with van der Waals surface area (Å²) >= 11 is 9.36. The molecule has 13 heteroatoms. The number of nitrogen functional groups attached to an aromatic ring is 1. The Balaban J connectivity index is 1.82. The van der Waals surface area contributed by atoms with Crippen LogP contribution >= 0.6 is 27.5 Å². The predicted octanol–water partition coefficient (Wildman–Crippen LogP) is 6.90. The number of aromatic nitrogens is 2. The van der Waals surface area contributed by atoms with Gasteiger partial charge in [0, 0.05) is 16.1 Å². The molecule has 0 spiro atoms. The van der Waals surface area contributed by atoms with Crippen LogP contribution in [0.1, 0.15) is 15.9 Å². The van der Waals surface area contributed by atoms with Gasteiger partial charge in [0.2, 0.25) is 0 Å². The van der Waals surface area contributed by atoms with Crippen molar-refractivity contribution >= 4 is 55.8 Å². The minimum absolute atomic E-state index is 0.0248. The number of halogens is 7. The van der Waals surface area contributed by atoms with Crippen LogP contribution in [0.3, 0.4) is 0 Å². The van der Waals surface area contributed by atoms with Gasteiger partial charge in [0.05, 0.1) is 27.2 Å². The third-order valence-electron chi connectivity index (χ3n) is 4.62. The zero-order chi connectivity index (χ0) is 24.8. The van der Waals surface area contributed by atoms with Crippen molar-refractivity contribution in [3.8, 4) is 11.5 Å². The number of alkyl halides is 3. The van der Waals surface area contributed by atoms with E-state index >= 15 is 0 Å². The van der Waals surface area contributed by atoms with Crippen LogP contribution in [0.15, 0.2) is 46.9 Å². The third kappa shape index (κ3) is 4.64. The fraction of sp³-hybridized carbons (Fsp3) is 0.0476. The maximum Gasteiger partial charge on any atom is 0.416 e. The van der Waals surface area contributed by atoms with Crippen molar-refractivity contribution in [2.24, 2.45) is 0 Å². The van der Waals surface area contributed by atoms with E-state index in [1.54, 1.807) is 0 Å². The van der Waals surface area contributed by atoms with Gasteiger partial charge in [0.25, 0.3) is 5.91 Å². The number of carbonyl (C=O) groups excluding carboxylic acids is 1. The minimum atomic E-state index is -4.87. The Labute approximate surface area is 201 Å². The van der Waals surface area contributed by atoms with Gasteiger partial charge in [-0.05, 0) is 52.3 Å². The molecule has 0 aliphatic rings. The molecule has 4 aromatic rings. The molecular weight excluding hydrogens is 551 g/mol. The molecule has 0 atom stereocenters. The first-order chi connectivity index (χ1) is 15.9. The van der Waals surface area contributed by atoms with Crippen LogP contribution in [0.2, 0.25) is 5.02 Å². The summed E-state index contributed by atoms with van der Waals surface area (Å²) in [5.74, 6) is -3.31. The molecule has 4 N–H and O–H groups in total. The molecule has 6 nitrogen and oxygen atoms in total. The number of aromatic amines is 1. The van der Waals surface area contributed by atoms with Crippen molar-refractivity contribution in [3.05, 3.63) is 74.7 Å². The molecule has 1 amide bonds. The number of nitrogens with one attached hydrogen (secondary N) is 2. The number of amides is 1. The van der Waals surface area contributed by atoms with Gasteiger partial charge < -0.3 is 15.8 Å². The first-order valence-electron chi connectivity index (χ1n) is 9.22. The van der Waals surface area contributed by atoms with E-state index in [0.717, 1.165) is 12.1 Å². The number of carbonyl (C=O) groups is 1. The Morgan fingerprint density at radius 3 is 2.56 bits per heavy atom. The van der Waals surface area contributed by atoms with Gasteiger partial charge in [-0.2, -0.15) is 18.3 Å². The lowest BCUT2D eigenvalue weighted by atomic mass is 10.1. The highest BCUT2D eigenvalue weighted by atomic mass is 79.9. The van der Waals surface area contributed by atoms with E-state index in [1.807, 2.05) is 0 Å². The largest absolute Gasteiger partial charge is 0.453 e. The van der Waals surface area contributed by atoms with Crippen LogP contribution in [0.4, 0.5) is 33.5 Å². The van der Waals surface area contributed by atoms with Crippen molar-refractivity contribution < 1.29 is 31.5 Å². The summed E-state index contributed by atoms with van der Waals surface area (Å²) in [5.41, 5.74) is 4.26. The number of anilines is 2. The van der Waals surface area contributed by atoms with E-state index in [0.29, 0.717) is 22.1 Å². The summed E-state index contributed by atoms with van der Waals surface area (Å²) in [5, 5.41) is 9.10. The average molecular weight is 562 g/mol. The minimum Gasteiger partial charge on any atom is -0.453 e. The summed E-state index contributed by atoms with van der Waals surface area (Å²) in [6.45, 7) is 0. The van der Waals surface area contributed by atoms with E-state index in [4.69, 9.17) is 22.1 Å². The van der Waals surface area contributed by atoms with E-state index in [-0.39, 0.29) is 39.5 Å². The van der Waals surface area contributed by atoms with Crippen molar-refractivity contribution in [1.29, 1.82) is 0 Å². The van der Waals surface area contributed by atoms with Gasteiger partial charge >= 0.3 is 6.18 Å². The lowest BCUT2D eigenvalue weighted by Crippen LogP contribution is -2.15. The van der Waals surface area contributed by atoms with E-state index < -0.39 is 34.8 Å². The second-order valence-electron chi connectivity index (χ2n) is 6.95.